The smallest absolute Gasteiger partial charge is 0.271 e. The average molecular weight is 459 g/mol. The van der Waals surface area contributed by atoms with Crippen LogP contribution in [0.2, 0.25) is 10.0 Å². The van der Waals surface area contributed by atoms with E-state index in [1.807, 2.05) is 36.4 Å². The van der Waals surface area contributed by atoms with Crippen molar-refractivity contribution in [1.29, 1.82) is 0 Å². The van der Waals surface area contributed by atoms with E-state index in [1.54, 1.807) is 29.8 Å². The molecule has 0 radical (unpaired) electrons. The molecule has 8 heteroatoms. The van der Waals surface area contributed by atoms with Crippen LogP contribution in [0.4, 0.5) is 0 Å². The first kappa shape index (κ1) is 20.5. The molecule has 0 saturated carbocycles. The standard InChI is InChI=1S/C22H16Cl2N2O3S/c23-18-6-2-1-4-14(18)12-29-15-7-8-17(19(24)10-15)22-26-20(13-30-22)21(27)25-11-16-5-3-9-28-16/h1-10,13H,11-12H2,(H,25,27). The van der Waals surface area contributed by atoms with E-state index in [0.29, 0.717) is 45.4 Å². The molecule has 0 spiro atoms. The Hall–Kier alpha value is -2.80. The Labute approximate surface area is 187 Å². The first-order valence-electron chi connectivity index (χ1n) is 9.02. The van der Waals surface area contributed by atoms with E-state index in [2.05, 4.69) is 10.3 Å². The summed E-state index contributed by atoms with van der Waals surface area (Å²) < 4.78 is 11.0. The van der Waals surface area contributed by atoms with Gasteiger partial charge in [0.15, 0.2) is 0 Å². The van der Waals surface area contributed by atoms with Crippen LogP contribution in [0, 0.1) is 0 Å². The number of thiazole rings is 1. The number of hydrogen-bond acceptors (Lipinski definition) is 5. The van der Waals surface area contributed by atoms with Gasteiger partial charge in [0.1, 0.15) is 28.8 Å². The lowest BCUT2D eigenvalue weighted by Crippen LogP contribution is -2.22. The molecule has 4 aromatic rings. The molecule has 1 N–H and O–H groups in total. The number of furan rings is 1. The molecule has 4 rings (SSSR count). The topological polar surface area (TPSA) is 64.4 Å². The maximum absolute atomic E-state index is 12.3. The predicted octanol–water partition coefficient (Wildman–Crippen LogP) is 6.22. The Bertz CT molecular complexity index is 1160. The number of aromatic nitrogens is 1. The number of hydrogen-bond donors (Lipinski definition) is 1. The summed E-state index contributed by atoms with van der Waals surface area (Å²) in [5.41, 5.74) is 1.96. The molecule has 0 aliphatic rings. The van der Waals surface area contributed by atoms with Crippen molar-refractivity contribution in [2.75, 3.05) is 0 Å². The molecular weight excluding hydrogens is 443 g/mol. The third kappa shape index (κ3) is 4.84. The van der Waals surface area contributed by atoms with E-state index in [-0.39, 0.29) is 5.91 Å². The summed E-state index contributed by atoms with van der Waals surface area (Å²) in [6, 6.07) is 16.4. The van der Waals surface area contributed by atoms with Gasteiger partial charge in [-0.3, -0.25) is 4.79 Å². The zero-order valence-corrected chi connectivity index (χ0v) is 17.9. The molecule has 0 bridgehead atoms. The second-order valence-corrected chi connectivity index (χ2v) is 7.99. The van der Waals surface area contributed by atoms with Crippen LogP contribution < -0.4 is 10.1 Å². The third-order valence-electron chi connectivity index (χ3n) is 4.26. The molecule has 0 aliphatic carbocycles. The van der Waals surface area contributed by atoms with Gasteiger partial charge in [-0.15, -0.1) is 11.3 Å². The van der Waals surface area contributed by atoms with Gasteiger partial charge in [-0.2, -0.15) is 0 Å². The molecule has 0 fully saturated rings. The second kappa shape index (κ2) is 9.34. The predicted molar refractivity (Wildman–Crippen MR) is 118 cm³/mol. The number of rotatable bonds is 7. The molecule has 0 atom stereocenters. The number of carbonyl (C=O) groups is 1. The Morgan fingerprint density at radius 3 is 2.73 bits per heavy atom. The SMILES string of the molecule is O=C(NCc1ccco1)c1csc(-c2ccc(OCc3ccccc3Cl)cc2Cl)n1. The highest BCUT2D eigenvalue weighted by Gasteiger charge is 2.14. The highest BCUT2D eigenvalue weighted by Crippen LogP contribution is 2.33. The van der Waals surface area contributed by atoms with Gasteiger partial charge in [0, 0.05) is 21.5 Å². The van der Waals surface area contributed by atoms with Crippen molar-refractivity contribution in [2.45, 2.75) is 13.2 Å². The summed E-state index contributed by atoms with van der Waals surface area (Å²) >= 11 is 13.9. The van der Waals surface area contributed by atoms with Gasteiger partial charge in [0.25, 0.3) is 5.91 Å². The zero-order valence-electron chi connectivity index (χ0n) is 15.6. The van der Waals surface area contributed by atoms with Crippen molar-refractivity contribution < 1.29 is 13.9 Å². The average Bonchev–Trinajstić information content (AvgIpc) is 3.44. The van der Waals surface area contributed by atoms with E-state index >= 15 is 0 Å². The van der Waals surface area contributed by atoms with E-state index in [4.69, 9.17) is 32.4 Å². The van der Waals surface area contributed by atoms with Gasteiger partial charge in [0.05, 0.1) is 17.8 Å². The fourth-order valence-electron chi connectivity index (χ4n) is 2.71. The quantitative estimate of drug-likeness (QED) is 0.357. The van der Waals surface area contributed by atoms with E-state index in [0.717, 1.165) is 11.1 Å². The summed E-state index contributed by atoms with van der Waals surface area (Å²) in [6.07, 6.45) is 1.56. The largest absolute Gasteiger partial charge is 0.489 e. The van der Waals surface area contributed by atoms with Gasteiger partial charge in [-0.25, -0.2) is 4.98 Å². The minimum Gasteiger partial charge on any atom is -0.489 e. The van der Waals surface area contributed by atoms with E-state index in [9.17, 15) is 4.79 Å². The normalized spacial score (nSPS) is 10.7. The van der Waals surface area contributed by atoms with Crippen molar-refractivity contribution >= 4 is 40.4 Å². The molecule has 2 aromatic heterocycles. The molecule has 2 aromatic carbocycles. The number of halogens is 2. The fraction of sp³-hybridized carbons (Fsp3) is 0.0909. The van der Waals surface area contributed by atoms with Crippen molar-refractivity contribution in [1.82, 2.24) is 10.3 Å². The van der Waals surface area contributed by atoms with Crippen LogP contribution in [0.3, 0.4) is 0 Å². The molecule has 0 aliphatic heterocycles. The van der Waals surface area contributed by atoms with Crippen molar-refractivity contribution in [3.05, 3.63) is 93.3 Å². The van der Waals surface area contributed by atoms with E-state index in [1.165, 1.54) is 11.3 Å². The molecule has 5 nitrogen and oxygen atoms in total. The maximum Gasteiger partial charge on any atom is 0.271 e. The van der Waals surface area contributed by atoms with Crippen LogP contribution in [0.5, 0.6) is 5.75 Å². The highest BCUT2D eigenvalue weighted by atomic mass is 35.5. The lowest BCUT2D eigenvalue weighted by Gasteiger charge is -2.09. The Morgan fingerprint density at radius 1 is 1.10 bits per heavy atom. The molecule has 30 heavy (non-hydrogen) atoms. The number of carbonyl (C=O) groups excluding carboxylic acids is 1. The van der Waals surface area contributed by atoms with Gasteiger partial charge in [0.2, 0.25) is 0 Å². The summed E-state index contributed by atoms with van der Waals surface area (Å²) in [6.45, 7) is 0.642. The first-order valence-corrected chi connectivity index (χ1v) is 10.7. The minimum atomic E-state index is -0.273. The zero-order chi connectivity index (χ0) is 20.9. The van der Waals surface area contributed by atoms with Crippen LogP contribution >= 0.6 is 34.5 Å². The molecule has 0 unspecified atom stereocenters. The van der Waals surface area contributed by atoms with Crippen molar-refractivity contribution in [2.24, 2.45) is 0 Å². The second-order valence-electron chi connectivity index (χ2n) is 6.32. The Kier molecular flexibility index (Phi) is 6.38. The van der Waals surface area contributed by atoms with Gasteiger partial charge in [-0.05, 0) is 36.4 Å². The lowest BCUT2D eigenvalue weighted by molar-refractivity contribution is 0.0944. The number of benzene rings is 2. The molecule has 1 amide bonds. The maximum atomic E-state index is 12.3. The van der Waals surface area contributed by atoms with Gasteiger partial charge >= 0.3 is 0 Å². The summed E-state index contributed by atoms with van der Waals surface area (Å²) in [4.78, 5) is 16.7. The summed E-state index contributed by atoms with van der Waals surface area (Å²) in [5, 5.41) is 6.27. The number of amides is 1. The molecular formula is C22H16Cl2N2O3S. The lowest BCUT2D eigenvalue weighted by atomic mass is 10.2. The summed E-state index contributed by atoms with van der Waals surface area (Å²) in [7, 11) is 0. The molecule has 152 valence electrons. The number of nitrogens with one attached hydrogen (secondary N) is 1. The van der Waals surface area contributed by atoms with Crippen molar-refractivity contribution in [3.63, 3.8) is 0 Å². The minimum absolute atomic E-state index is 0.273. The van der Waals surface area contributed by atoms with Crippen molar-refractivity contribution in [3.8, 4) is 16.3 Å². The Balaban J connectivity index is 1.42. The first-order chi connectivity index (χ1) is 14.6. The molecule has 2 heterocycles. The Morgan fingerprint density at radius 2 is 1.97 bits per heavy atom. The van der Waals surface area contributed by atoms with Crippen LogP contribution in [-0.4, -0.2) is 10.9 Å². The van der Waals surface area contributed by atoms with Crippen LogP contribution in [0.15, 0.2) is 70.7 Å². The highest BCUT2D eigenvalue weighted by molar-refractivity contribution is 7.13. The fourth-order valence-corrected chi connectivity index (χ4v) is 4.05. The monoisotopic (exact) mass is 458 g/mol. The third-order valence-corrected chi connectivity index (χ3v) is 5.82. The number of ether oxygens (including phenoxy) is 1. The molecule has 0 saturated heterocycles. The van der Waals surface area contributed by atoms with Crippen LogP contribution in [0.1, 0.15) is 21.8 Å². The van der Waals surface area contributed by atoms with Crippen LogP contribution in [-0.2, 0) is 13.2 Å². The number of nitrogens with zero attached hydrogens (tertiary/aromatic N) is 1. The van der Waals surface area contributed by atoms with Crippen LogP contribution in [0.25, 0.3) is 10.6 Å². The summed E-state index contributed by atoms with van der Waals surface area (Å²) in [5.74, 6) is 1.02. The van der Waals surface area contributed by atoms with Gasteiger partial charge < -0.3 is 14.5 Å². The van der Waals surface area contributed by atoms with E-state index < -0.39 is 0 Å². The van der Waals surface area contributed by atoms with Gasteiger partial charge in [-0.1, -0.05) is 41.4 Å².